The quantitative estimate of drug-likeness (QED) is 0.406. The van der Waals surface area contributed by atoms with Gasteiger partial charge in [-0.15, -0.1) is 23.2 Å². The van der Waals surface area contributed by atoms with Crippen LogP contribution in [0.15, 0.2) is 48.5 Å². The minimum atomic E-state index is -0.357. The van der Waals surface area contributed by atoms with Crippen LogP contribution < -0.4 is 20.9 Å². The maximum atomic E-state index is 12.3. The fourth-order valence-corrected chi connectivity index (χ4v) is 4.17. The van der Waals surface area contributed by atoms with Gasteiger partial charge in [0.15, 0.2) is 0 Å². The molecule has 1 heterocycles. The van der Waals surface area contributed by atoms with Crippen molar-refractivity contribution in [2.24, 2.45) is 0 Å². The van der Waals surface area contributed by atoms with Gasteiger partial charge in [0.2, 0.25) is 0 Å². The van der Waals surface area contributed by atoms with Crippen molar-refractivity contribution in [3.63, 3.8) is 0 Å². The van der Waals surface area contributed by atoms with Gasteiger partial charge in [0.1, 0.15) is 0 Å². The smallest absolute Gasteiger partial charge is 0.323 e. The molecule has 1 aliphatic rings. The molecule has 2 aromatic rings. The molecule has 33 heavy (non-hydrogen) atoms. The molecular formula is C24H31Cl2N5O2. The van der Waals surface area contributed by atoms with Crippen molar-refractivity contribution in [1.82, 2.24) is 10.2 Å². The monoisotopic (exact) mass is 491 g/mol. The Morgan fingerprint density at radius 2 is 1.39 bits per heavy atom. The standard InChI is InChI=1S/C24H31Cl2N5O2/c25-11-16-31(17-12-26)22-9-7-21(8-10-22)29-24(33)28-20-5-3-19(4-6-20)23(32)27-13-18-30-14-1-2-15-30/h3-10H,1-2,11-18H2,(H,27,32)(H2,28,29,33). The number of carbonyl (C=O) groups excluding carboxylic acids is 2. The van der Waals surface area contributed by atoms with E-state index in [4.69, 9.17) is 23.2 Å². The Kier molecular flexibility index (Phi) is 10.1. The van der Waals surface area contributed by atoms with E-state index in [1.807, 2.05) is 24.3 Å². The van der Waals surface area contributed by atoms with Crippen LogP contribution in [0.25, 0.3) is 0 Å². The average molecular weight is 492 g/mol. The summed E-state index contributed by atoms with van der Waals surface area (Å²) in [6.45, 7) is 5.15. The van der Waals surface area contributed by atoms with Gasteiger partial charge in [-0.1, -0.05) is 0 Å². The molecule has 2 aromatic carbocycles. The lowest BCUT2D eigenvalue weighted by molar-refractivity contribution is 0.0949. The van der Waals surface area contributed by atoms with Crippen LogP contribution in [-0.2, 0) is 0 Å². The predicted octanol–water partition coefficient (Wildman–Crippen LogP) is 4.44. The van der Waals surface area contributed by atoms with E-state index in [-0.39, 0.29) is 11.9 Å². The van der Waals surface area contributed by atoms with Gasteiger partial charge >= 0.3 is 6.03 Å². The number of hydrogen-bond acceptors (Lipinski definition) is 4. The molecule has 0 bridgehead atoms. The molecule has 3 amide bonds. The molecule has 1 aliphatic heterocycles. The van der Waals surface area contributed by atoms with Gasteiger partial charge in [-0.05, 0) is 74.5 Å². The Morgan fingerprint density at radius 3 is 1.94 bits per heavy atom. The molecule has 7 nitrogen and oxygen atoms in total. The van der Waals surface area contributed by atoms with Crippen LogP contribution in [0.4, 0.5) is 21.9 Å². The van der Waals surface area contributed by atoms with Gasteiger partial charge in [-0.3, -0.25) is 4.79 Å². The largest absolute Gasteiger partial charge is 0.369 e. The number of urea groups is 1. The van der Waals surface area contributed by atoms with Crippen LogP contribution in [0.2, 0.25) is 0 Å². The minimum absolute atomic E-state index is 0.109. The first kappa shape index (κ1) is 25.1. The molecule has 178 valence electrons. The number of nitrogens with zero attached hydrogens (tertiary/aromatic N) is 2. The summed E-state index contributed by atoms with van der Waals surface area (Å²) in [6, 6.07) is 14.0. The number of nitrogens with one attached hydrogen (secondary N) is 3. The number of alkyl halides is 2. The third-order valence-corrected chi connectivity index (χ3v) is 5.85. The molecule has 9 heteroatoms. The third kappa shape index (κ3) is 8.11. The lowest BCUT2D eigenvalue weighted by Gasteiger charge is -2.23. The van der Waals surface area contributed by atoms with Gasteiger partial charge < -0.3 is 25.8 Å². The summed E-state index contributed by atoms with van der Waals surface area (Å²) in [6.07, 6.45) is 2.48. The molecule has 0 spiro atoms. The summed E-state index contributed by atoms with van der Waals surface area (Å²) in [5.41, 5.74) is 2.84. The fraction of sp³-hybridized carbons (Fsp3) is 0.417. The van der Waals surface area contributed by atoms with E-state index in [0.29, 0.717) is 48.3 Å². The van der Waals surface area contributed by atoms with Crippen LogP contribution in [0, 0.1) is 0 Å². The number of halogens is 2. The highest BCUT2D eigenvalue weighted by molar-refractivity contribution is 6.18. The third-order valence-electron chi connectivity index (χ3n) is 5.52. The molecule has 0 saturated carbocycles. The number of anilines is 3. The van der Waals surface area contributed by atoms with Crippen LogP contribution >= 0.6 is 23.2 Å². The fourth-order valence-electron chi connectivity index (χ4n) is 3.76. The number of carbonyl (C=O) groups is 2. The molecule has 0 radical (unpaired) electrons. The van der Waals surface area contributed by atoms with Gasteiger partial charge in [0.25, 0.3) is 5.91 Å². The van der Waals surface area contributed by atoms with Crippen molar-refractivity contribution >= 4 is 52.2 Å². The van der Waals surface area contributed by atoms with Crippen LogP contribution in [0.3, 0.4) is 0 Å². The molecule has 0 aliphatic carbocycles. The topological polar surface area (TPSA) is 76.7 Å². The Hall–Kier alpha value is -2.48. The SMILES string of the molecule is O=C(Nc1ccc(C(=O)NCCN2CCCC2)cc1)Nc1ccc(N(CCCl)CCCl)cc1. The molecule has 0 aromatic heterocycles. The van der Waals surface area contributed by atoms with Crippen LogP contribution in [-0.4, -0.2) is 67.9 Å². The van der Waals surface area contributed by atoms with Gasteiger partial charge in [0, 0.05) is 60.6 Å². The van der Waals surface area contributed by atoms with E-state index in [2.05, 4.69) is 25.8 Å². The lowest BCUT2D eigenvalue weighted by Crippen LogP contribution is -2.33. The van der Waals surface area contributed by atoms with Crippen molar-refractivity contribution in [3.05, 3.63) is 54.1 Å². The highest BCUT2D eigenvalue weighted by atomic mass is 35.5. The van der Waals surface area contributed by atoms with E-state index in [9.17, 15) is 9.59 Å². The average Bonchev–Trinajstić information content (AvgIpc) is 3.33. The number of hydrogen-bond donors (Lipinski definition) is 3. The maximum Gasteiger partial charge on any atom is 0.323 e. The summed E-state index contributed by atoms with van der Waals surface area (Å²) >= 11 is 11.7. The van der Waals surface area contributed by atoms with Crippen LogP contribution in [0.5, 0.6) is 0 Å². The highest BCUT2D eigenvalue weighted by Gasteiger charge is 2.12. The predicted molar refractivity (Wildman–Crippen MR) is 137 cm³/mol. The molecule has 1 saturated heterocycles. The van der Waals surface area contributed by atoms with E-state index < -0.39 is 0 Å². The zero-order chi connectivity index (χ0) is 23.5. The van der Waals surface area contributed by atoms with Gasteiger partial charge in [0.05, 0.1) is 0 Å². The minimum Gasteiger partial charge on any atom is -0.369 e. The number of benzene rings is 2. The summed E-state index contributed by atoms with van der Waals surface area (Å²) in [4.78, 5) is 29.1. The Balaban J connectivity index is 1.45. The maximum absolute atomic E-state index is 12.3. The van der Waals surface area contributed by atoms with E-state index in [1.54, 1.807) is 24.3 Å². The number of rotatable bonds is 11. The Labute approximate surface area is 205 Å². The van der Waals surface area contributed by atoms with Gasteiger partial charge in [-0.25, -0.2) is 4.79 Å². The van der Waals surface area contributed by atoms with Crippen molar-refractivity contribution < 1.29 is 9.59 Å². The molecular weight excluding hydrogens is 461 g/mol. The van der Waals surface area contributed by atoms with Gasteiger partial charge in [-0.2, -0.15) is 0 Å². The summed E-state index contributed by atoms with van der Waals surface area (Å²) < 4.78 is 0. The van der Waals surface area contributed by atoms with E-state index in [1.165, 1.54) is 12.8 Å². The summed E-state index contributed by atoms with van der Waals surface area (Å²) in [5.74, 6) is 0.916. The lowest BCUT2D eigenvalue weighted by atomic mass is 10.2. The molecule has 0 unspecified atom stereocenters. The van der Waals surface area contributed by atoms with Crippen LogP contribution in [0.1, 0.15) is 23.2 Å². The zero-order valence-corrected chi connectivity index (χ0v) is 20.2. The van der Waals surface area contributed by atoms with Crippen molar-refractivity contribution in [1.29, 1.82) is 0 Å². The van der Waals surface area contributed by atoms with E-state index >= 15 is 0 Å². The van der Waals surface area contributed by atoms with Crippen molar-refractivity contribution in [3.8, 4) is 0 Å². The van der Waals surface area contributed by atoms with Crippen molar-refractivity contribution in [2.75, 3.05) is 66.6 Å². The second-order valence-electron chi connectivity index (χ2n) is 7.87. The normalized spacial score (nSPS) is 13.5. The molecule has 3 rings (SSSR count). The zero-order valence-electron chi connectivity index (χ0n) is 18.7. The highest BCUT2D eigenvalue weighted by Crippen LogP contribution is 2.19. The molecule has 0 atom stereocenters. The van der Waals surface area contributed by atoms with Crippen molar-refractivity contribution in [2.45, 2.75) is 12.8 Å². The Morgan fingerprint density at radius 1 is 0.848 bits per heavy atom. The Bertz CT molecular complexity index is 881. The first-order valence-corrected chi connectivity index (χ1v) is 12.3. The molecule has 1 fully saturated rings. The molecule has 3 N–H and O–H groups in total. The number of amides is 3. The summed E-state index contributed by atoms with van der Waals surface area (Å²) in [7, 11) is 0. The first-order chi connectivity index (χ1) is 16.1. The first-order valence-electron chi connectivity index (χ1n) is 11.2. The van der Waals surface area contributed by atoms with E-state index in [0.717, 1.165) is 25.3 Å². The number of likely N-dealkylation sites (tertiary alicyclic amines) is 1. The second-order valence-corrected chi connectivity index (χ2v) is 8.63. The summed E-state index contributed by atoms with van der Waals surface area (Å²) in [5, 5.41) is 8.54. The second kappa shape index (κ2) is 13.3.